The third kappa shape index (κ3) is 3.61. The maximum absolute atomic E-state index is 10.6. The highest BCUT2D eigenvalue weighted by Gasteiger charge is 2.25. The molecule has 1 aliphatic carbocycles. The van der Waals surface area contributed by atoms with E-state index in [0.29, 0.717) is 22.9 Å². The monoisotopic (exact) mass is 300 g/mol. The zero-order valence-electron chi connectivity index (χ0n) is 10.8. The lowest BCUT2D eigenvalue weighted by Crippen LogP contribution is -2.33. The van der Waals surface area contributed by atoms with Crippen LogP contribution in [0.5, 0.6) is 0 Å². The minimum absolute atomic E-state index is 0.0385. The van der Waals surface area contributed by atoms with Crippen molar-refractivity contribution in [3.05, 3.63) is 38.9 Å². The van der Waals surface area contributed by atoms with Crippen molar-refractivity contribution in [3.63, 3.8) is 0 Å². The van der Waals surface area contributed by atoms with Gasteiger partial charge in [-0.05, 0) is 30.7 Å². The fourth-order valence-corrected chi connectivity index (χ4v) is 3.68. The molecule has 2 unspecified atom stereocenters. The SMILES string of the molecule is CSC1CCCC1NCc1ccc([N+](=O)[O-])cc1Cl. The van der Waals surface area contributed by atoms with Crippen LogP contribution in [0.1, 0.15) is 24.8 Å². The summed E-state index contributed by atoms with van der Waals surface area (Å²) in [6.45, 7) is 0.665. The molecule has 2 atom stereocenters. The Balaban J connectivity index is 1.98. The van der Waals surface area contributed by atoms with E-state index in [1.807, 2.05) is 11.8 Å². The number of nitrogens with zero attached hydrogens (tertiary/aromatic N) is 1. The smallest absolute Gasteiger partial charge is 0.270 e. The van der Waals surface area contributed by atoms with E-state index in [2.05, 4.69) is 11.6 Å². The molecule has 1 aliphatic rings. The number of non-ortho nitro benzene ring substituents is 1. The summed E-state index contributed by atoms with van der Waals surface area (Å²) in [4.78, 5) is 10.2. The van der Waals surface area contributed by atoms with Gasteiger partial charge in [0.2, 0.25) is 0 Å². The van der Waals surface area contributed by atoms with Crippen molar-refractivity contribution in [3.8, 4) is 0 Å². The summed E-state index contributed by atoms with van der Waals surface area (Å²) in [5.41, 5.74) is 0.954. The fourth-order valence-electron chi connectivity index (χ4n) is 2.48. The van der Waals surface area contributed by atoms with E-state index < -0.39 is 4.92 Å². The summed E-state index contributed by atoms with van der Waals surface area (Å²) in [7, 11) is 0. The van der Waals surface area contributed by atoms with Crippen molar-refractivity contribution in [2.24, 2.45) is 0 Å². The Morgan fingerprint density at radius 2 is 2.32 bits per heavy atom. The Bertz CT molecular complexity index is 470. The van der Waals surface area contributed by atoms with Crippen molar-refractivity contribution in [1.82, 2.24) is 5.32 Å². The number of benzene rings is 1. The first kappa shape index (κ1) is 14.6. The van der Waals surface area contributed by atoms with Crippen molar-refractivity contribution < 1.29 is 4.92 Å². The summed E-state index contributed by atoms with van der Waals surface area (Å²) < 4.78 is 0. The molecule has 0 radical (unpaired) electrons. The van der Waals surface area contributed by atoms with Gasteiger partial charge in [-0.25, -0.2) is 0 Å². The quantitative estimate of drug-likeness (QED) is 0.666. The third-order valence-corrected chi connectivity index (χ3v) is 5.08. The first-order valence-electron chi connectivity index (χ1n) is 6.31. The Kier molecular flexibility index (Phi) is 5.07. The molecule has 1 aromatic carbocycles. The van der Waals surface area contributed by atoms with E-state index in [1.54, 1.807) is 6.07 Å². The molecule has 0 aromatic heterocycles. The highest BCUT2D eigenvalue weighted by Crippen LogP contribution is 2.29. The van der Waals surface area contributed by atoms with E-state index in [-0.39, 0.29) is 5.69 Å². The fraction of sp³-hybridized carbons (Fsp3) is 0.538. The van der Waals surface area contributed by atoms with Crippen molar-refractivity contribution in [1.29, 1.82) is 0 Å². The number of hydrogen-bond acceptors (Lipinski definition) is 4. The molecular weight excluding hydrogens is 284 g/mol. The molecule has 19 heavy (non-hydrogen) atoms. The lowest BCUT2D eigenvalue weighted by Gasteiger charge is -2.19. The lowest BCUT2D eigenvalue weighted by molar-refractivity contribution is -0.384. The van der Waals surface area contributed by atoms with Crippen LogP contribution in [0.25, 0.3) is 0 Å². The van der Waals surface area contributed by atoms with Crippen LogP contribution in [0.15, 0.2) is 18.2 Å². The molecule has 0 aliphatic heterocycles. The van der Waals surface area contributed by atoms with Crippen LogP contribution in [0.2, 0.25) is 5.02 Å². The summed E-state index contributed by atoms with van der Waals surface area (Å²) in [5, 5.41) is 15.3. The number of rotatable bonds is 5. The van der Waals surface area contributed by atoms with Crippen LogP contribution in [0, 0.1) is 10.1 Å². The molecule has 1 saturated carbocycles. The van der Waals surface area contributed by atoms with Gasteiger partial charge in [0.15, 0.2) is 0 Å². The van der Waals surface area contributed by atoms with Gasteiger partial charge in [0.25, 0.3) is 5.69 Å². The molecule has 0 heterocycles. The van der Waals surface area contributed by atoms with Crippen molar-refractivity contribution >= 4 is 29.1 Å². The van der Waals surface area contributed by atoms with Gasteiger partial charge in [0.1, 0.15) is 0 Å². The van der Waals surface area contributed by atoms with Crippen LogP contribution in [-0.2, 0) is 6.54 Å². The Labute approximate surface area is 122 Å². The summed E-state index contributed by atoms with van der Waals surface area (Å²) in [6.07, 6.45) is 5.85. The normalized spacial score (nSPS) is 22.6. The second-order valence-corrected chi connectivity index (χ2v) is 6.21. The van der Waals surface area contributed by atoms with Crippen LogP contribution < -0.4 is 5.32 Å². The average molecular weight is 301 g/mol. The van der Waals surface area contributed by atoms with Crippen molar-refractivity contribution in [2.45, 2.75) is 37.1 Å². The van der Waals surface area contributed by atoms with Gasteiger partial charge in [0, 0.05) is 30.0 Å². The average Bonchev–Trinajstić information content (AvgIpc) is 2.84. The van der Waals surface area contributed by atoms with Gasteiger partial charge in [-0.3, -0.25) is 10.1 Å². The molecule has 0 bridgehead atoms. The summed E-state index contributed by atoms with van der Waals surface area (Å²) >= 11 is 7.98. The van der Waals surface area contributed by atoms with Crippen molar-refractivity contribution in [2.75, 3.05) is 6.26 Å². The van der Waals surface area contributed by atoms with Gasteiger partial charge in [-0.1, -0.05) is 18.0 Å². The molecule has 1 fully saturated rings. The number of nitro groups is 1. The molecule has 1 aromatic rings. The van der Waals surface area contributed by atoms with Gasteiger partial charge in [-0.15, -0.1) is 0 Å². The van der Waals surface area contributed by atoms with E-state index in [4.69, 9.17) is 11.6 Å². The molecule has 0 spiro atoms. The Hall–Kier alpha value is -0.780. The van der Waals surface area contributed by atoms with Gasteiger partial charge >= 0.3 is 0 Å². The topological polar surface area (TPSA) is 55.2 Å². The van der Waals surface area contributed by atoms with E-state index in [9.17, 15) is 10.1 Å². The number of nitro benzene ring substituents is 1. The second-order valence-electron chi connectivity index (χ2n) is 4.73. The third-order valence-electron chi connectivity index (χ3n) is 3.56. The number of hydrogen-bond donors (Lipinski definition) is 1. The van der Waals surface area contributed by atoms with Crippen LogP contribution >= 0.6 is 23.4 Å². The summed E-state index contributed by atoms with van der Waals surface area (Å²) in [6, 6.07) is 5.17. The molecule has 1 N–H and O–H groups in total. The first-order valence-corrected chi connectivity index (χ1v) is 7.97. The molecule has 0 amide bonds. The minimum Gasteiger partial charge on any atom is -0.309 e. The van der Waals surface area contributed by atoms with Gasteiger partial charge in [0.05, 0.1) is 9.95 Å². The van der Waals surface area contributed by atoms with Gasteiger partial charge < -0.3 is 5.32 Å². The largest absolute Gasteiger partial charge is 0.309 e. The van der Waals surface area contributed by atoms with Crippen LogP contribution in [0.4, 0.5) is 5.69 Å². The van der Waals surface area contributed by atoms with Gasteiger partial charge in [-0.2, -0.15) is 11.8 Å². The molecule has 2 rings (SSSR count). The standard InChI is InChI=1S/C13H17ClN2O2S/c1-19-13-4-2-3-12(13)15-8-9-5-6-10(16(17)18)7-11(9)14/h5-7,12-13,15H,2-4,8H2,1H3. The predicted octanol–water partition coefficient (Wildman–Crippen LogP) is 3.62. The predicted molar refractivity (Wildman–Crippen MR) is 79.9 cm³/mol. The number of halogens is 1. The van der Waals surface area contributed by atoms with Crippen LogP contribution in [0.3, 0.4) is 0 Å². The highest BCUT2D eigenvalue weighted by molar-refractivity contribution is 7.99. The minimum atomic E-state index is -0.427. The maximum Gasteiger partial charge on any atom is 0.270 e. The van der Waals surface area contributed by atoms with E-state index in [1.165, 1.54) is 31.4 Å². The molecule has 0 saturated heterocycles. The maximum atomic E-state index is 10.6. The lowest BCUT2D eigenvalue weighted by atomic mass is 10.1. The van der Waals surface area contributed by atoms with E-state index in [0.717, 1.165) is 5.56 Å². The molecular formula is C13H17ClN2O2S. The molecule has 104 valence electrons. The zero-order chi connectivity index (χ0) is 13.8. The highest BCUT2D eigenvalue weighted by atomic mass is 35.5. The second kappa shape index (κ2) is 6.59. The Morgan fingerprint density at radius 3 is 2.95 bits per heavy atom. The zero-order valence-corrected chi connectivity index (χ0v) is 12.3. The Morgan fingerprint density at radius 1 is 1.53 bits per heavy atom. The molecule has 4 nitrogen and oxygen atoms in total. The first-order chi connectivity index (χ1) is 9.11. The number of thioether (sulfide) groups is 1. The number of nitrogens with one attached hydrogen (secondary N) is 1. The summed E-state index contributed by atoms with van der Waals surface area (Å²) in [5.74, 6) is 0. The van der Waals surface area contributed by atoms with E-state index >= 15 is 0 Å². The van der Waals surface area contributed by atoms with Crippen LogP contribution in [-0.4, -0.2) is 22.5 Å². The molecule has 6 heteroatoms.